The predicted octanol–water partition coefficient (Wildman–Crippen LogP) is 3.30. The van der Waals surface area contributed by atoms with E-state index >= 15 is 0 Å². The number of phenols is 1. The number of halogens is 1. The number of hydrogen-bond donors (Lipinski definition) is 2. The highest BCUT2D eigenvalue weighted by molar-refractivity contribution is 6.32. The van der Waals surface area contributed by atoms with Crippen LogP contribution in [0.1, 0.15) is 10.4 Å². The van der Waals surface area contributed by atoms with Gasteiger partial charge in [-0.2, -0.15) is 0 Å². The molecule has 0 aromatic heterocycles. The molecule has 0 aliphatic heterocycles. The van der Waals surface area contributed by atoms with E-state index in [2.05, 4.69) is 5.32 Å². The quantitative estimate of drug-likeness (QED) is 0.800. The molecular formula is C13H10ClNO2. The Morgan fingerprint density at radius 1 is 1.06 bits per heavy atom. The average molecular weight is 248 g/mol. The molecule has 0 heterocycles. The fraction of sp³-hybridized carbons (Fsp3) is 0. The van der Waals surface area contributed by atoms with Crippen LogP contribution in [-0.2, 0) is 0 Å². The topological polar surface area (TPSA) is 49.3 Å². The van der Waals surface area contributed by atoms with Crippen LogP contribution in [0, 0.1) is 0 Å². The van der Waals surface area contributed by atoms with E-state index in [9.17, 15) is 9.90 Å². The van der Waals surface area contributed by atoms with Crippen molar-refractivity contribution in [2.45, 2.75) is 0 Å². The Morgan fingerprint density at radius 3 is 2.47 bits per heavy atom. The minimum atomic E-state index is -0.289. The molecule has 0 fully saturated rings. The fourth-order valence-corrected chi connectivity index (χ4v) is 1.57. The van der Waals surface area contributed by atoms with Crippen LogP contribution in [0.3, 0.4) is 0 Å². The van der Waals surface area contributed by atoms with Crippen molar-refractivity contribution < 1.29 is 9.90 Å². The number of hydrogen-bond acceptors (Lipinski definition) is 2. The number of carbonyl (C=O) groups excluding carboxylic acids is 1. The van der Waals surface area contributed by atoms with E-state index in [1.807, 2.05) is 6.07 Å². The average Bonchev–Trinajstić information content (AvgIpc) is 2.36. The van der Waals surface area contributed by atoms with E-state index < -0.39 is 0 Å². The van der Waals surface area contributed by atoms with Crippen LogP contribution in [0.4, 0.5) is 5.69 Å². The molecule has 0 saturated heterocycles. The second-order valence-electron chi connectivity index (χ2n) is 3.46. The first kappa shape index (κ1) is 11.5. The fourth-order valence-electron chi connectivity index (χ4n) is 1.40. The van der Waals surface area contributed by atoms with Crippen LogP contribution in [0.2, 0.25) is 5.02 Å². The van der Waals surface area contributed by atoms with Crippen LogP contribution in [0.5, 0.6) is 5.75 Å². The van der Waals surface area contributed by atoms with Crippen LogP contribution < -0.4 is 5.32 Å². The van der Waals surface area contributed by atoms with E-state index in [4.69, 9.17) is 11.6 Å². The first-order valence-corrected chi connectivity index (χ1v) is 5.40. The number of anilines is 1. The van der Waals surface area contributed by atoms with Gasteiger partial charge < -0.3 is 10.4 Å². The van der Waals surface area contributed by atoms with E-state index in [0.29, 0.717) is 11.3 Å². The molecule has 0 spiro atoms. The minimum absolute atomic E-state index is 0.126. The van der Waals surface area contributed by atoms with Gasteiger partial charge >= 0.3 is 0 Å². The number of rotatable bonds is 2. The van der Waals surface area contributed by atoms with Gasteiger partial charge in [0, 0.05) is 5.56 Å². The van der Waals surface area contributed by atoms with E-state index in [1.54, 1.807) is 42.5 Å². The summed E-state index contributed by atoms with van der Waals surface area (Å²) in [6.45, 7) is 0. The molecule has 2 N–H and O–H groups in total. The molecule has 0 atom stereocenters. The number of aromatic hydroxyl groups is 1. The van der Waals surface area contributed by atoms with Crippen LogP contribution in [-0.4, -0.2) is 11.0 Å². The van der Waals surface area contributed by atoms with Gasteiger partial charge in [0.25, 0.3) is 5.91 Å². The maximum Gasteiger partial charge on any atom is 0.255 e. The second kappa shape index (κ2) is 4.89. The predicted molar refractivity (Wildman–Crippen MR) is 67.5 cm³/mol. The zero-order valence-corrected chi connectivity index (χ0v) is 9.61. The summed E-state index contributed by atoms with van der Waals surface area (Å²) in [4.78, 5) is 11.8. The zero-order chi connectivity index (χ0) is 12.3. The number of para-hydroxylation sites is 1. The summed E-state index contributed by atoms with van der Waals surface area (Å²) < 4.78 is 0. The Hall–Kier alpha value is -2.00. The standard InChI is InChI=1S/C13H10ClNO2/c14-10-7-4-8-11(12(10)16)15-13(17)9-5-2-1-3-6-9/h1-8,16H,(H,15,17). The van der Waals surface area contributed by atoms with Gasteiger partial charge in [0.05, 0.1) is 10.7 Å². The third-order valence-electron chi connectivity index (χ3n) is 2.27. The smallest absolute Gasteiger partial charge is 0.255 e. The molecule has 4 heteroatoms. The zero-order valence-electron chi connectivity index (χ0n) is 8.85. The lowest BCUT2D eigenvalue weighted by molar-refractivity contribution is 0.102. The maximum absolute atomic E-state index is 11.8. The van der Waals surface area contributed by atoms with Gasteiger partial charge in [-0.05, 0) is 24.3 Å². The molecule has 86 valence electrons. The summed E-state index contributed by atoms with van der Waals surface area (Å²) in [6, 6.07) is 13.5. The monoisotopic (exact) mass is 247 g/mol. The molecule has 0 bridgehead atoms. The Labute approximate surface area is 104 Å². The number of nitrogens with one attached hydrogen (secondary N) is 1. The van der Waals surface area contributed by atoms with Gasteiger partial charge in [0.15, 0.2) is 5.75 Å². The first-order chi connectivity index (χ1) is 8.18. The van der Waals surface area contributed by atoms with Crippen molar-refractivity contribution >= 4 is 23.2 Å². The lowest BCUT2D eigenvalue weighted by Crippen LogP contribution is -2.11. The molecule has 0 radical (unpaired) electrons. The lowest BCUT2D eigenvalue weighted by Gasteiger charge is -2.07. The molecule has 0 unspecified atom stereocenters. The summed E-state index contributed by atoms with van der Waals surface area (Å²) in [5, 5.41) is 12.4. The third-order valence-corrected chi connectivity index (χ3v) is 2.58. The minimum Gasteiger partial charge on any atom is -0.504 e. The van der Waals surface area contributed by atoms with Gasteiger partial charge in [0.2, 0.25) is 0 Å². The number of benzene rings is 2. The number of amides is 1. The van der Waals surface area contributed by atoms with Gasteiger partial charge in [0.1, 0.15) is 0 Å². The van der Waals surface area contributed by atoms with Crippen molar-refractivity contribution in [3.05, 3.63) is 59.1 Å². The normalized spacial score (nSPS) is 9.94. The molecule has 0 aliphatic rings. The lowest BCUT2D eigenvalue weighted by atomic mass is 10.2. The maximum atomic E-state index is 11.8. The third kappa shape index (κ3) is 2.57. The largest absolute Gasteiger partial charge is 0.504 e. The van der Waals surface area contributed by atoms with Crippen LogP contribution in [0.15, 0.2) is 48.5 Å². The summed E-state index contributed by atoms with van der Waals surface area (Å²) in [5.41, 5.74) is 0.818. The molecule has 2 aromatic rings. The molecule has 0 saturated carbocycles. The highest BCUT2D eigenvalue weighted by Gasteiger charge is 2.09. The molecule has 1 amide bonds. The summed E-state index contributed by atoms with van der Waals surface area (Å²) >= 11 is 5.74. The van der Waals surface area contributed by atoms with Crippen molar-refractivity contribution in [3.63, 3.8) is 0 Å². The first-order valence-electron chi connectivity index (χ1n) is 5.02. The molecule has 2 aromatic carbocycles. The van der Waals surface area contributed by atoms with Crippen LogP contribution >= 0.6 is 11.6 Å². The Morgan fingerprint density at radius 2 is 1.76 bits per heavy atom. The summed E-state index contributed by atoms with van der Waals surface area (Å²) in [5.74, 6) is -0.415. The molecular weight excluding hydrogens is 238 g/mol. The Balaban J connectivity index is 2.22. The number of carbonyl (C=O) groups is 1. The second-order valence-corrected chi connectivity index (χ2v) is 3.86. The van der Waals surface area contributed by atoms with Crippen molar-refractivity contribution in [1.29, 1.82) is 0 Å². The molecule has 3 nitrogen and oxygen atoms in total. The van der Waals surface area contributed by atoms with E-state index in [1.165, 1.54) is 0 Å². The van der Waals surface area contributed by atoms with Crippen molar-refractivity contribution in [1.82, 2.24) is 0 Å². The summed E-state index contributed by atoms with van der Waals surface area (Å²) in [7, 11) is 0. The summed E-state index contributed by atoms with van der Waals surface area (Å²) in [6.07, 6.45) is 0. The van der Waals surface area contributed by atoms with Gasteiger partial charge in [-0.1, -0.05) is 35.9 Å². The van der Waals surface area contributed by atoms with Gasteiger partial charge in [-0.25, -0.2) is 0 Å². The Kier molecular flexibility index (Phi) is 3.30. The van der Waals surface area contributed by atoms with Crippen molar-refractivity contribution in [2.24, 2.45) is 0 Å². The highest BCUT2D eigenvalue weighted by atomic mass is 35.5. The van der Waals surface area contributed by atoms with Crippen LogP contribution in [0.25, 0.3) is 0 Å². The SMILES string of the molecule is O=C(Nc1cccc(Cl)c1O)c1ccccc1. The Bertz CT molecular complexity index is 540. The molecule has 0 aliphatic carbocycles. The highest BCUT2D eigenvalue weighted by Crippen LogP contribution is 2.31. The van der Waals surface area contributed by atoms with E-state index in [0.717, 1.165) is 0 Å². The molecule has 17 heavy (non-hydrogen) atoms. The number of phenolic OH excluding ortho intramolecular Hbond substituents is 1. The van der Waals surface area contributed by atoms with Gasteiger partial charge in [-0.3, -0.25) is 4.79 Å². The molecule has 2 rings (SSSR count). The van der Waals surface area contributed by atoms with Crippen molar-refractivity contribution in [2.75, 3.05) is 5.32 Å². The van der Waals surface area contributed by atoms with E-state index in [-0.39, 0.29) is 16.7 Å². The van der Waals surface area contributed by atoms with Crippen molar-refractivity contribution in [3.8, 4) is 5.75 Å². The van der Waals surface area contributed by atoms with Gasteiger partial charge in [-0.15, -0.1) is 0 Å².